The molecular weight excluding hydrogens is 481 g/mol. The summed E-state index contributed by atoms with van der Waals surface area (Å²) in [5.74, 6) is 1.10. The lowest BCUT2D eigenvalue weighted by molar-refractivity contribution is -0.137. The van der Waals surface area contributed by atoms with E-state index in [4.69, 9.17) is 21.1 Å². The van der Waals surface area contributed by atoms with E-state index < -0.39 is 29.0 Å². The molecule has 2 aromatic carbocycles. The topological polar surface area (TPSA) is 78.3 Å². The highest BCUT2D eigenvalue weighted by Gasteiger charge is 2.35. The largest absolute Gasteiger partial charge is 0.485 e. The normalized spacial score (nSPS) is 16.4. The van der Waals surface area contributed by atoms with E-state index >= 15 is 0 Å². The Balaban J connectivity index is 1.45. The average Bonchev–Trinajstić information content (AvgIpc) is 3.13. The van der Waals surface area contributed by atoms with Gasteiger partial charge < -0.3 is 19.4 Å². The highest BCUT2D eigenvalue weighted by molar-refractivity contribution is 8.00. The summed E-state index contributed by atoms with van der Waals surface area (Å²) in [4.78, 5) is 12.6. The molecule has 2 heterocycles. The number of rotatable bonds is 5. The number of halogens is 4. The van der Waals surface area contributed by atoms with Crippen molar-refractivity contribution in [1.29, 1.82) is 0 Å². The minimum absolute atomic E-state index is 0.0779. The quantitative estimate of drug-likeness (QED) is 0.492. The molecule has 2 unspecified atom stereocenters. The van der Waals surface area contributed by atoms with E-state index in [0.29, 0.717) is 22.5 Å². The molecule has 0 fully saturated rings. The zero-order chi connectivity index (χ0) is 23.8. The number of ether oxygens (including phenoxy) is 2. The Morgan fingerprint density at radius 2 is 1.97 bits per heavy atom. The van der Waals surface area contributed by atoms with E-state index in [1.165, 1.54) is 6.07 Å². The number of para-hydroxylation sites is 2. The molecule has 0 spiro atoms. The van der Waals surface area contributed by atoms with E-state index in [2.05, 4.69) is 15.5 Å². The summed E-state index contributed by atoms with van der Waals surface area (Å²) >= 11 is 6.75. The van der Waals surface area contributed by atoms with Gasteiger partial charge in [-0.3, -0.25) is 4.79 Å². The van der Waals surface area contributed by atoms with Gasteiger partial charge in [-0.1, -0.05) is 35.5 Å². The molecule has 1 N–H and O–H groups in total. The number of benzene rings is 2. The van der Waals surface area contributed by atoms with Crippen molar-refractivity contribution in [3.8, 4) is 11.5 Å². The van der Waals surface area contributed by atoms with Crippen LogP contribution in [0.25, 0.3) is 0 Å². The summed E-state index contributed by atoms with van der Waals surface area (Å²) in [5.41, 5.74) is -1.38. The van der Waals surface area contributed by atoms with E-state index in [1.54, 1.807) is 30.7 Å². The van der Waals surface area contributed by atoms with Gasteiger partial charge in [0, 0.05) is 12.1 Å². The van der Waals surface area contributed by atoms with Gasteiger partial charge in [0.1, 0.15) is 6.61 Å². The molecule has 12 heteroatoms. The minimum atomic E-state index is -4.66. The SMILES string of the molecule is CC(Sc1nnc(C2COc3ccccc3O2)n1C)C(=O)Nc1ccc(Cl)cc1C(F)(F)F. The van der Waals surface area contributed by atoms with E-state index in [9.17, 15) is 18.0 Å². The van der Waals surface area contributed by atoms with Gasteiger partial charge in [-0.15, -0.1) is 10.2 Å². The van der Waals surface area contributed by atoms with Gasteiger partial charge in [0.05, 0.1) is 16.5 Å². The number of nitrogens with zero attached hydrogens (tertiary/aromatic N) is 3. The van der Waals surface area contributed by atoms with Crippen molar-refractivity contribution in [3.63, 3.8) is 0 Å². The maximum Gasteiger partial charge on any atom is 0.418 e. The number of fused-ring (bicyclic) bond motifs is 1. The molecule has 174 valence electrons. The number of alkyl halides is 3. The van der Waals surface area contributed by atoms with Gasteiger partial charge in [0.2, 0.25) is 5.91 Å². The molecule has 1 aromatic heterocycles. The van der Waals surface area contributed by atoms with Gasteiger partial charge in [-0.25, -0.2) is 0 Å². The molecule has 0 saturated carbocycles. The van der Waals surface area contributed by atoms with Crippen LogP contribution in [0, 0.1) is 0 Å². The van der Waals surface area contributed by atoms with Crippen LogP contribution in [0.5, 0.6) is 11.5 Å². The fourth-order valence-corrected chi connectivity index (χ4v) is 4.16. The Hall–Kier alpha value is -2.92. The maximum atomic E-state index is 13.3. The van der Waals surface area contributed by atoms with Crippen LogP contribution >= 0.6 is 23.4 Å². The third-order valence-corrected chi connectivity index (χ3v) is 6.23. The number of hydrogen-bond donors (Lipinski definition) is 1. The lowest BCUT2D eigenvalue weighted by Crippen LogP contribution is -2.25. The Morgan fingerprint density at radius 3 is 2.70 bits per heavy atom. The van der Waals surface area contributed by atoms with Crippen molar-refractivity contribution in [2.75, 3.05) is 11.9 Å². The first-order valence-electron chi connectivity index (χ1n) is 9.75. The van der Waals surface area contributed by atoms with Crippen LogP contribution < -0.4 is 14.8 Å². The smallest absolute Gasteiger partial charge is 0.418 e. The summed E-state index contributed by atoms with van der Waals surface area (Å²) in [7, 11) is 1.72. The van der Waals surface area contributed by atoms with Crippen molar-refractivity contribution < 1.29 is 27.4 Å². The third kappa shape index (κ3) is 5.03. The number of amides is 1. The van der Waals surface area contributed by atoms with Gasteiger partial charge in [0.25, 0.3) is 0 Å². The minimum Gasteiger partial charge on any atom is -0.485 e. The van der Waals surface area contributed by atoms with E-state index in [1.807, 2.05) is 12.1 Å². The second kappa shape index (κ2) is 9.14. The zero-order valence-electron chi connectivity index (χ0n) is 17.4. The Labute approximate surface area is 196 Å². The maximum absolute atomic E-state index is 13.3. The highest BCUT2D eigenvalue weighted by Crippen LogP contribution is 2.38. The first-order chi connectivity index (χ1) is 15.6. The second-order valence-electron chi connectivity index (χ2n) is 7.20. The fourth-order valence-electron chi connectivity index (χ4n) is 3.16. The monoisotopic (exact) mass is 498 g/mol. The first-order valence-corrected chi connectivity index (χ1v) is 11.0. The highest BCUT2D eigenvalue weighted by atomic mass is 35.5. The van der Waals surface area contributed by atoms with Crippen LogP contribution in [0.3, 0.4) is 0 Å². The molecule has 0 aliphatic carbocycles. The van der Waals surface area contributed by atoms with Crippen molar-refractivity contribution in [3.05, 3.63) is 58.9 Å². The molecule has 0 radical (unpaired) electrons. The molecule has 3 aromatic rings. The van der Waals surface area contributed by atoms with Crippen LogP contribution in [0.2, 0.25) is 5.02 Å². The van der Waals surface area contributed by atoms with E-state index in [0.717, 1.165) is 23.9 Å². The van der Waals surface area contributed by atoms with Crippen molar-refractivity contribution >= 4 is 35.0 Å². The second-order valence-corrected chi connectivity index (χ2v) is 8.95. The fraction of sp³-hybridized carbons (Fsp3) is 0.286. The van der Waals surface area contributed by atoms with Crippen molar-refractivity contribution in [2.45, 2.75) is 29.6 Å². The van der Waals surface area contributed by atoms with Gasteiger partial charge >= 0.3 is 6.18 Å². The average molecular weight is 499 g/mol. The lowest BCUT2D eigenvalue weighted by atomic mass is 10.1. The number of carbonyl (C=O) groups excluding carboxylic acids is 1. The third-order valence-electron chi connectivity index (χ3n) is 4.86. The first kappa shape index (κ1) is 23.2. The number of hydrogen-bond acceptors (Lipinski definition) is 6. The molecule has 0 bridgehead atoms. The molecule has 1 aliphatic rings. The van der Waals surface area contributed by atoms with Crippen LogP contribution in [0.1, 0.15) is 24.4 Å². The number of anilines is 1. The molecule has 1 amide bonds. The van der Waals surface area contributed by atoms with Crippen molar-refractivity contribution in [1.82, 2.24) is 14.8 Å². The van der Waals surface area contributed by atoms with Gasteiger partial charge in [-0.05, 0) is 37.3 Å². The summed E-state index contributed by atoms with van der Waals surface area (Å²) in [5, 5.41) is 10.2. The number of nitrogens with one attached hydrogen (secondary N) is 1. The summed E-state index contributed by atoms with van der Waals surface area (Å²) < 4.78 is 53.2. The molecule has 1 aliphatic heterocycles. The molecular formula is C21H18ClF3N4O3S. The molecule has 33 heavy (non-hydrogen) atoms. The Bertz CT molecular complexity index is 1190. The van der Waals surface area contributed by atoms with Crippen molar-refractivity contribution in [2.24, 2.45) is 7.05 Å². The summed E-state index contributed by atoms with van der Waals surface area (Å²) in [6.07, 6.45) is -5.16. The van der Waals surface area contributed by atoms with Crippen LogP contribution in [-0.2, 0) is 18.0 Å². The summed E-state index contributed by atoms with van der Waals surface area (Å²) in [6.45, 7) is 1.80. The zero-order valence-corrected chi connectivity index (χ0v) is 19.0. The predicted octanol–water partition coefficient (Wildman–Crippen LogP) is 5.12. The number of thioether (sulfide) groups is 1. The van der Waals surface area contributed by atoms with Crippen LogP contribution in [-0.4, -0.2) is 32.5 Å². The molecule has 7 nitrogen and oxygen atoms in total. The number of carbonyl (C=O) groups is 1. The van der Waals surface area contributed by atoms with Crippen LogP contribution in [0.15, 0.2) is 47.6 Å². The lowest BCUT2D eigenvalue weighted by Gasteiger charge is -2.25. The molecule has 4 rings (SSSR count). The summed E-state index contributed by atoms with van der Waals surface area (Å²) in [6, 6.07) is 10.4. The Morgan fingerprint density at radius 1 is 1.24 bits per heavy atom. The van der Waals surface area contributed by atoms with Gasteiger partial charge in [0.15, 0.2) is 28.6 Å². The Kier molecular flexibility index (Phi) is 6.44. The van der Waals surface area contributed by atoms with Crippen LogP contribution in [0.4, 0.5) is 18.9 Å². The van der Waals surface area contributed by atoms with E-state index in [-0.39, 0.29) is 17.3 Å². The number of aromatic nitrogens is 3. The molecule has 2 atom stereocenters. The van der Waals surface area contributed by atoms with Gasteiger partial charge in [-0.2, -0.15) is 13.2 Å². The standard InChI is InChI=1S/C21H18ClF3N4O3S/c1-11(19(30)26-14-8-7-12(22)9-13(14)21(23,24)25)33-20-28-27-18(29(20)2)17-10-31-15-5-3-4-6-16(15)32-17/h3-9,11,17H,10H2,1-2H3,(H,26,30). The molecule has 0 saturated heterocycles. The predicted molar refractivity (Wildman–Crippen MR) is 117 cm³/mol.